The van der Waals surface area contributed by atoms with Crippen molar-refractivity contribution in [3.63, 3.8) is 0 Å². The third-order valence-electron chi connectivity index (χ3n) is 3.25. The molecule has 0 fully saturated rings. The van der Waals surface area contributed by atoms with Crippen molar-refractivity contribution >= 4 is 23.2 Å². The van der Waals surface area contributed by atoms with Gasteiger partial charge in [0.2, 0.25) is 0 Å². The molecule has 1 amide bonds. The summed E-state index contributed by atoms with van der Waals surface area (Å²) in [6.07, 6.45) is -0.397. The van der Waals surface area contributed by atoms with Crippen LogP contribution in [0.3, 0.4) is 0 Å². The minimum Gasteiger partial charge on any atom is -0.479 e. The number of hydrogen-bond donors (Lipinski definition) is 2. The number of aryl methyl sites for hydroxylation is 1. The van der Waals surface area contributed by atoms with E-state index in [0.29, 0.717) is 17.0 Å². The number of nitrogens with zero attached hydrogens (tertiary/aromatic N) is 1. The fourth-order valence-electron chi connectivity index (χ4n) is 2.05. The van der Waals surface area contributed by atoms with Gasteiger partial charge in [-0.05, 0) is 12.5 Å². The zero-order valence-electron chi connectivity index (χ0n) is 12.9. The highest BCUT2D eigenvalue weighted by Gasteiger charge is 2.20. The second kappa shape index (κ2) is 7.85. The quantitative estimate of drug-likeness (QED) is 0.807. The summed E-state index contributed by atoms with van der Waals surface area (Å²) in [6.45, 7) is 1.68. The maximum Gasteiger partial charge on any atom is 0.334 e. The Hall–Kier alpha value is -2.25. The smallest absolute Gasteiger partial charge is 0.334 e. The molecule has 0 aliphatic rings. The summed E-state index contributed by atoms with van der Waals surface area (Å²) in [7, 11) is 1.29. The number of carboxylic acids is 1. The standard InChI is InChI=1S/C16H18N2O4S/c1-10-14(15(19)17-9-12(22-2)16(20)21)23-13(18-10)8-11-6-4-3-5-7-11/h3-7,12H,8-9H2,1-2H3,(H,17,19)(H,20,21). The maximum atomic E-state index is 12.2. The van der Waals surface area contributed by atoms with E-state index in [9.17, 15) is 9.59 Å². The van der Waals surface area contributed by atoms with Gasteiger partial charge >= 0.3 is 5.97 Å². The Balaban J connectivity index is 2.02. The molecule has 2 rings (SSSR count). The van der Waals surface area contributed by atoms with E-state index >= 15 is 0 Å². The fraction of sp³-hybridized carbons (Fsp3) is 0.312. The third-order valence-corrected chi connectivity index (χ3v) is 4.41. The van der Waals surface area contributed by atoms with Crippen LogP contribution in [-0.2, 0) is 16.0 Å². The number of benzene rings is 1. The molecule has 1 aromatic heterocycles. The van der Waals surface area contributed by atoms with Crippen LogP contribution < -0.4 is 5.32 Å². The van der Waals surface area contributed by atoms with Gasteiger partial charge in [0.25, 0.3) is 5.91 Å². The van der Waals surface area contributed by atoms with Crippen molar-refractivity contribution in [2.45, 2.75) is 19.4 Å². The number of aliphatic carboxylic acids is 1. The number of rotatable bonds is 7. The zero-order chi connectivity index (χ0) is 16.8. The number of thiazole rings is 1. The first-order chi connectivity index (χ1) is 11.0. The lowest BCUT2D eigenvalue weighted by Gasteiger charge is -2.10. The molecule has 6 nitrogen and oxygen atoms in total. The highest BCUT2D eigenvalue weighted by atomic mass is 32.1. The second-order valence-electron chi connectivity index (χ2n) is 4.96. The molecule has 1 atom stereocenters. The van der Waals surface area contributed by atoms with Gasteiger partial charge in [0.1, 0.15) is 4.88 Å². The Kier molecular flexibility index (Phi) is 5.84. The van der Waals surface area contributed by atoms with Gasteiger partial charge in [-0.15, -0.1) is 11.3 Å². The van der Waals surface area contributed by atoms with Crippen molar-refractivity contribution in [1.29, 1.82) is 0 Å². The van der Waals surface area contributed by atoms with Gasteiger partial charge in [-0.3, -0.25) is 4.79 Å². The lowest BCUT2D eigenvalue weighted by Crippen LogP contribution is -2.37. The van der Waals surface area contributed by atoms with Crippen LogP contribution in [0.4, 0.5) is 0 Å². The van der Waals surface area contributed by atoms with E-state index in [4.69, 9.17) is 9.84 Å². The molecule has 0 saturated carbocycles. The molecule has 1 heterocycles. The Bertz CT molecular complexity index is 685. The van der Waals surface area contributed by atoms with Crippen LogP contribution in [-0.4, -0.2) is 41.7 Å². The van der Waals surface area contributed by atoms with E-state index in [1.54, 1.807) is 6.92 Å². The fourth-order valence-corrected chi connectivity index (χ4v) is 3.06. The molecule has 122 valence electrons. The van der Waals surface area contributed by atoms with E-state index in [0.717, 1.165) is 10.6 Å². The van der Waals surface area contributed by atoms with E-state index in [-0.39, 0.29) is 12.5 Å². The summed E-state index contributed by atoms with van der Waals surface area (Å²) in [5.41, 5.74) is 1.77. The highest BCUT2D eigenvalue weighted by Crippen LogP contribution is 2.20. The Morgan fingerprint density at radius 1 is 1.35 bits per heavy atom. The predicted molar refractivity (Wildman–Crippen MR) is 86.9 cm³/mol. The molecule has 7 heteroatoms. The molecule has 23 heavy (non-hydrogen) atoms. The number of ether oxygens (including phenoxy) is 1. The summed E-state index contributed by atoms with van der Waals surface area (Å²) in [5.74, 6) is -1.44. The molecule has 1 aromatic carbocycles. The van der Waals surface area contributed by atoms with Crippen LogP contribution in [0.5, 0.6) is 0 Å². The summed E-state index contributed by atoms with van der Waals surface area (Å²) >= 11 is 1.32. The van der Waals surface area contributed by atoms with Gasteiger partial charge in [0.15, 0.2) is 6.10 Å². The van der Waals surface area contributed by atoms with E-state index < -0.39 is 12.1 Å². The predicted octanol–water partition coefficient (Wildman–Crippen LogP) is 1.87. The number of nitrogens with one attached hydrogen (secondary N) is 1. The van der Waals surface area contributed by atoms with Crippen LogP contribution in [0.25, 0.3) is 0 Å². The molecular weight excluding hydrogens is 316 g/mol. The summed E-state index contributed by atoms with van der Waals surface area (Å²) < 4.78 is 4.79. The van der Waals surface area contributed by atoms with Crippen LogP contribution in [0.1, 0.15) is 25.9 Å². The van der Waals surface area contributed by atoms with E-state index in [2.05, 4.69) is 10.3 Å². The number of hydrogen-bond acceptors (Lipinski definition) is 5. The highest BCUT2D eigenvalue weighted by molar-refractivity contribution is 7.13. The Morgan fingerprint density at radius 3 is 2.65 bits per heavy atom. The van der Waals surface area contributed by atoms with Crippen LogP contribution >= 0.6 is 11.3 Å². The second-order valence-corrected chi connectivity index (χ2v) is 6.04. The number of carbonyl (C=O) groups excluding carboxylic acids is 1. The van der Waals surface area contributed by atoms with Gasteiger partial charge in [-0.1, -0.05) is 30.3 Å². The van der Waals surface area contributed by atoms with Gasteiger partial charge < -0.3 is 15.2 Å². The lowest BCUT2D eigenvalue weighted by atomic mass is 10.2. The van der Waals surface area contributed by atoms with Crippen molar-refractivity contribution in [2.75, 3.05) is 13.7 Å². The normalized spacial score (nSPS) is 11.9. The average molecular weight is 334 g/mol. The van der Waals surface area contributed by atoms with Crippen LogP contribution in [0.2, 0.25) is 0 Å². The number of aromatic nitrogens is 1. The molecule has 2 N–H and O–H groups in total. The molecule has 0 bridgehead atoms. The third kappa shape index (κ3) is 4.61. The molecule has 0 saturated heterocycles. The maximum absolute atomic E-state index is 12.2. The number of amides is 1. The summed E-state index contributed by atoms with van der Waals surface area (Å²) in [6, 6.07) is 9.88. The Labute approximate surface area is 138 Å². The molecule has 2 aromatic rings. The molecule has 1 unspecified atom stereocenters. The first-order valence-corrected chi connectivity index (χ1v) is 7.87. The first kappa shape index (κ1) is 17.1. The van der Waals surface area contributed by atoms with Gasteiger partial charge in [0, 0.05) is 13.5 Å². The largest absolute Gasteiger partial charge is 0.479 e. The van der Waals surface area contributed by atoms with Gasteiger partial charge in [0.05, 0.1) is 17.2 Å². The van der Waals surface area contributed by atoms with Crippen LogP contribution in [0.15, 0.2) is 30.3 Å². The van der Waals surface area contributed by atoms with Crippen molar-refractivity contribution in [3.05, 3.63) is 51.5 Å². The average Bonchev–Trinajstić information content (AvgIpc) is 2.89. The number of carbonyl (C=O) groups is 2. The van der Waals surface area contributed by atoms with Gasteiger partial charge in [-0.25, -0.2) is 9.78 Å². The SMILES string of the molecule is COC(CNC(=O)c1sc(Cc2ccccc2)nc1C)C(=O)O. The van der Waals surface area contributed by atoms with Crippen molar-refractivity contribution in [1.82, 2.24) is 10.3 Å². The van der Waals surface area contributed by atoms with E-state index in [1.165, 1.54) is 18.4 Å². The summed E-state index contributed by atoms with van der Waals surface area (Å²) in [4.78, 5) is 28.0. The van der Waals surface area contributed by atoms with Crippen LogP contribution in [0, 0.1) is 6.92 Å². The molecule has 0 radical (unpaired) electrons. The number of methoxy groups -OCH3 is 1. The van der Waals surface area contributed by atoms with Crippen molar-refractivity contribution < 1.29 is 19.4 Å². The lowest BCUT2D eigenvalue weighted by molar-refractivity contribution is -0.147. The van der Waals surface area contributed by atoms with Crippen molar-refractivity contribution in [2.24, 2.45) is 0 Å². The van der Waals surface area contributed by atoms with E-state index in [1.807, 2.05) is 30.3 Å². The zero-order valence-corrected chi connectivity index (χ0v) is 13.7. The van der Waals surface area contributed by atoms with Crippen molar-refractivity contribution in [3.8, 4) is 0 Å². The van der Waals surface area contributed by atoms with Gasteiger partial charge in [-0.2, -0.15) is 0 Å². The molecule has 0 aliphatic carbocycles. The number of carboxylic acid groups (broad SMARTS) is 1. The molecule has 0 aliphatic heterocycles. The Morgan fingerprint density at radius 2 is 2.04 bits per heavy atom. The molecular formula is C16H18N2O4S. The minimum absolute atomic E-state index is 0.0873. The first-order valence-electron chi connectivity index (χ1n) is 7.05. The topological polar surface area (TPSA) is 88.5 Å². The summed E-state index contributed by atoms with van der Waals surface area (Å²) in [5, 5.41) is 12.3. The molecule has 0 spiro atoms. The monoisotopic (exact) mass is 334 g/mol. The minimum atomic E-state index is -1.11.